The van der Waals surface area contributed by atoms with Crippen LogP contribution in [0.15, 0.2) is 28.7 Å². The van der Waals surface area contributed by atoms with Crippen molar-refractivity contribution in [1.29, 1.82) is 0 Å². The van der Waals surface area contributed by atoms with Crippen LogP contribution in [0.3, 0.4) is 0 Å². The van der Waals surface area contributed by atoms with E-state index in [1.165, 1.54) is 0 Å². The normalized spacial score (nSPS) is 25.1. The summed E-state index contributed by atoms with van der Waals surface area (Å²) in [6, 6.07) is 0.929. The maximum atomic E-state index is 15.2. The SMILES string of the molecule is CCCN(CC)CC(=O)Nc1cc(F)c2c(c1O)C(=O)C1=C(O)[C@]3(O)C(=O)C(C=O)=C(O)C[C@@H]3CC1C2. The van der Waals surface area contributed by atoms with E-state index in [0.29, 0.717) is 13.1 Å². The number of phenols is 1. The molecule has 10 nitrogen and oxygen atoms in total. The molecule has 3 aliphatic rings. The summed E-state index contributed by atoms with van der Waals surface area (Å²) in [5, 5.41) is 45.6. The average Bonchev–Trinajstić information content (AvgIpc) is 2.84. The third-order valence-corrected chi connectivity index (χ3v) is 7.55. The van der Waals surface area contributed by atoms with E-state index in [4.69, 9.17) is 0 Å². The second kappa shape index (κ2) is 9.71. The largest absolute Gasteiger partial charge is 0.511 e. The van der Waals surface area contributed by atoms with E-state index in [-0.39, 0.29) is 48.9 Å². The van der Waals surface area contributed by atoms with Gasteiger partial charge >= 0.3 is 0 Å². The quantitative estimate of drug-likeness (QED) is 0.207. The van der Waals surface area contributed by atoms with E-state index in [9.17, 15) is 39.6 Å². The number of benzene rings is 1. The van der Waals surface area contributed by atoms with Crippen molar-refractivity contribution in [2.45, 2.75) is 45.1 Å². The molecule has 1 aromatic carbocycles. The summed E-state index contributed by atoms with van der Waals surface area (Å²) in [6.45, 7) is 5.07. The van der Waals surface area contributed by atoms with E-state index in [0.717, 1.165) is 12.5 Å². The number of rotatable bonds is 7. The van der Waals surface area contributed by atoms with Crippen LogP contribution in [0, 0.1) is 17.7 Å². The van der Waals surface area contributed by atoms with Gasteiger partial charge in [0.25, 0.3) is 0 Å². The average molecular weight is 517 g/mol. The number of aldehydes is 1. The lowest BCUT2D eigenvalue weighted by Crippen LogP contribution is -2.56. The second-order valence-corrected chi connectivity index (χ2v) is 9.73. The maximum absolute atomic E-state index is 15.2. The van der Waals surface area contributed by atoms with Gasteiger partial charge in [-0.25, -0.2) is 4.39 Å². The molecule has 1 unspecified atom stereocenters. The fourth-order valence-corrected chi connectivity index (χ4v) is 5.69. The Morgan fingerprint density at radius 3 is 2.57 bits per heavy atom. The molecule has 0 saturated carbocycles. The molecular weight excluding hydrogens is 487 g/mol. The van der Waals surface area contributed by atoms with Gasteiger partial charge in [0.05, 0.1) is 23.4 Å². The second-order valence-electron chi connectivity index (χ2n) is 9.73. The summed E-state index contributed by atoms with van der Waals surface area (Å²) in [5.74, 6) is -7.66. The Morgan fingerprint density at radius 1 is 1.24 bits per heavy atom. The monoisotopic (exact) mass is 516 g/mol. The van der Waals surface area contributed by atoms with Gasteiger partial charge in [-0.05, 0) is 38.3 Å². The van der Waals surface area contributed by atoms with Crippen LogP contribution < -0.4 is 5.32 Å². The van der Waals surface area contributed by atoms with Gasteiger partial charge in [-0.1, -0.05) is 13.8 Å². The van der Waals surface area contributed by atoms with Crippen molar-refractivity contribution in [3.8, 4) is 5.75 Å². The minimum absolute atomic E-state index is 0.0135. The Morgan fingerprint density at radius 2 is 1.95 bits per heavy atom. The molecule has 11 heteroatoms. The van der Waals surface area contributed by atoms with E-state index < -0.39 is 69.1 Å². The lowest BCUT2D eigenvalue weighted by molar-refractivity contribution is -0.143. The molecule has 1 amide bonds. The Hall–Kier alpha value is -3.57. The highest BCUT2D eigenvalue weighted by molar-refractivity contribution is 6.20. The number of aromatic hydroxyl groups is 1. The zero-order chi connectivity index (χ0) is 27.2. The van der Waals surface area contributed by atoms with Gasteiger partial charge in [0.1, 0.15) is 17.3 Å². The first-order valence-electron chi connectivity index (χ1n) is 12.2. The Balaban J connectivity index is 1.74. The number of halogens is 1. The van der Waals surface area contributed by atoms with Crippen LogP contribution in [0.25, 0.3) is 0 Å². The van der Waals surface area contributed by atoms with Crippen LogP contribution in [0.1, 0.15) is 49.0 Å². The number of nitrogens with zero attached hydrogens (tertiary/aromatic N) is 1. The molecule has 0 saturated heterocycles. The third kappa shape index (κ3) is 4.11. The maximum Gasteiger partial charge on any atom is 0.238 e. The zero-order valence-corrected chi connectivity index (χ0v) is 20.5. The number of hydrogen-bond acceptors (Lipinski definition) is 9. The third-order valence-electron chi connectivity index (χ3n) is 7.55. The Labute approximate surface area is 212 Å². The molecule has 0 spiro atoms. The number of fused-ring (bicyclic) bond motifs is 3. The number of hydrogen-bond donors (Lipinski definition) is 5. The zero-order valence-electron chi connectivity index (χ0n) is 20.5. The summed E-state index contributed by atoms with van der Waals surface area (Å²) >= 11 is 0. The summed E-state index contributed by atoms with van der Waals surface area (Å²) in [4.78, 5) is 52.0. The van der Waals surface area contributed by atoms with Gasteiger partial charge < -0.3 is 25.7 Å². The van der Waals surface area contributed by atoms with Crippen molar-refractivity contribution in [2.24, 2.45) is 11.8 Å². The van der Waals surface area contributed by atoms with Crippen LogP contribution in [-0.2, 0) is 20.8 Å². The highest BCUT2D eigenvalue weighted by Crippen LogP contribution is 2.52. The molecule has 198 valence electrons. The van der Waals surface area contributed by atoms with Crippen LogP contribution in [-0.4, -0.2) is 74.3 Å². The molecule has 0 fully saturated rings. The van der Waals surface area contributed by atoms with E-state index in [2.05, 4.69) is 5.32 Å². The molecular formula is C26H29FN2O8. The van der Waals surface area contributed by atoms with Crippen LogP contribution in [0.4, 0.5) is 10.1 Å². The predicted octanol–water partition coefficient (Wildman–Crippen LogP) is 2.10. The van der Waals surface area contributed by atoms with E-state index >= 15 is 4.39 Å². The minimum Gasteiger partial charge on any atom is -0.511 e. The molecule has 1 aromatic rings. The molecule has 4 rings (SSSR count). The van der Waals surface area contributed by atoms with Crippen molar-refractivity contribution in [3.05, 3.63) is 45.7 Å². The van der Waals surface area contributed by atoms with E-state index in [1.807, 2.05) is 18.7 Å². The minimum atomic E-state index is -2.62. The highest BCUT2D eigenvalue weighted by atomic mass is 19.1. The lowest BCUT2D eigenvalue weighted by Gasteiger charge is -2.45. The van der Waals surface area contributed by atoms with Crippen molar-refractivity contribution in [1.82, 2.24) is 4.90 Å². The number of allylic oxidation sites excluding steroid dienone is 2. The number of aliphatic hydroxyl groups is 3. The Bertz CT molecular complexity index is 1270. The molecule has 0 aromatic heterocycles. The molecule has 0 bridgehead atoms. The molecule has 37 heavy (non-hydrogen) atoms. The summed E-state index contributed by atoms with van der Waals surface area (Å²) in [6.07, 6.45) is 0.389. The molecule has 0 heterocycles. The topological polar surface area (TPSA) is 164 Å². The van der Waals surface area contributed by atoms with Gasteiger partial charge in [0, 0.05) is 29.5 Å². The number of carbonyl (C=O) groups excluding carboxylic acids is 4. The van der Waals surface area contributed by atoms with E-state index in [1.54, 1.807) is 0 Å². The molecule has 3 atom stereocenters. The van der Waals surface area contributed by atoms with Crippen LogP contribution >= 0.6 is 0 Å². The summed E-state index contributed by atoms with van der Waals surface area (Å²) in [7, 11) is 0. The molecule has 5 N–H and O–H groups in total. The van der Waals surface area contributed by atoms with Crippen LogP contribution in [0.2, 0.25) is 0 Å². The van der Waals surface area contributed by atoms with Crippen molar-refractivity contribution < 1.29 is 44.0 Å². The fourth-order valence-electron chi connectivity index (χ4n) is 5.69. The van der Waals surface area contributed by atoms with Gasteiger partial charge in [-0.15, -0.1) is 0 Å². The number of carbonyl (C=O) groups is 4. The molecule has 3 aliphatic carbocycles. The van der Waals surface area contributed by atoms with Crippen molar-refractivity contribution in [2.75, 3.05) is 25.0 Å². The van der Waals surface area contributed by atoms with Gasteiger partial charge in [0.15, 0.2) is 23.4 Å². The summed E-state index contributed by atoms with van der Waals surface area (Å²) < 4.78 is 15.2. The number of Topliss-reactive ketones (excluding diaryl/α,β-unsaturated/α-hetero) is 2. The smallest absolute Gasteiger partial charge is 0.238 e. The molecule has 0 aliphatic heterocycles. The first-order chi connectivity index (χ1) is 17.5. The number of anilines is 1. The number of aliphatic hydroxyl groups excluding tert-OH is 2. The number of amides is 1. The van der Waals surface area contributed by atoms with Gasteiger partial charge in [-0.3, -0.25) is 24.1 Å². The number of likely N-dealkylation sites (N-methyl/N-ethyl adjacent to an activating group) is 1. The highest BCUT2D eigenvalue weighted by Gasteiger charge is 2.59. The van der Waals surface area contributed by atoms with Gasteiger partial charge in [-0.2, -0.15) is 0 Å². The predicted molar refractivity (Wildman–Crippen MR) is 129 cm³/mol. The first kappa shape index (κ1) is 26.5. The standard InChI is InChI=1S/C26H29FN2O8/c1-3-5-29(4-2)10-19(32)28-17-9-16(27)14-7-12-6-13-8-18(31)15(11-30)24(35)26(13,37)25(36)20(12)23(34)21(14)22(17)33/h9,11-13,31,33,36-37H,3-8,10H2,1-2H3,(H,28,32)/t12?,13-,26+/m0/s1. The molecule has 0 radical (unpaired) electrons. The van der Waals surface area contributed by atoms with Crippen LogP contribution in [0.5, 0.6) is 5.75 Å². The van der Waals surface area contributed by atoms with Gasteiger partial charge in [0.2, 0.25) is 11.7 Å². The van der Waals surface area contributed by atoms with Crippen molar-refractivity contribution >= 4 is 29.4 Å². The Kier molecular flexibility index (Phi) is 6.95. The number of ketones is 2. The lowest BCUT2D eigenvalue weighted by atomic mass is 9.60. The summed E-state index contributed by atoms with van der Waals surface area (Å²) in [5.41, 5.74) is -4.61. The number of nitrogens with one attached hydrogen (secondary N) is 1. The number of phenolic OH excluding ortho intramolecular Hbond substituents is 1. The first-order valence-corrected chi connectivity index (χ1v) is 12.2. The van der Waals surface area contributed by atoms with Crippen molar-refractivity contribution in [3.63, 3.8) is 0 Å². The fraction of sp³-hybridized carbons (Fsp3) is 0.462.